The number of rotatable bonds is 7. The topological polar surface area (TPSA) is 3.24 Å². The molecular formula is C56H41N. The van der Waals surface area contributed by atoms with Crippen molar-refractivity contribution in [3.8, 4) is 44.5 Å². The van der Waals surface area contributed by atoms with E-state index in [4.69, 9.17) is 0 Å². The number of aryl methyl sites for hydroxylation is 2. The van der Waals surface area contributed by atoms with Gasteiger partial charge in [-0.2, -0.15) is 0 Å². The van der Waals surface area contributed by atoms with Crippen LogP contribution in [0.1, 0.15) is 11.1 Å². The Morgan fingerprint density at radius 1 is 0.281 bits per heavy atom. The molecule has 0 unspecified atom stereocenters. The number of nitrogens with zero attached hydrogens (tertiary/aromatic N) is 1. The van der Waals surface area contributed by atoms with E-state index in [0.29, 0.717) is 0 Å². The van der Waals surface area contributed by atoms with E-state index in [1.54, 1.807) is 0 Å². The third-order valence-corrected chi connectivity index (χ3v) is 11.6. The molecule has 0 saturated carbocycles. The van der Waals surface area contributed by atoms with Crippen LogP contribution in [0.15, 0.2) is 212 Å². The Hall–Kier alpha value is -7.22. The lowest BCUT2D eigenvalue weighted by molar-refractivity contribution is 1.29. The van der Waals surface area contributed by atoms with Crippen molar-refractivity contribution in [2.45, 2.75) is 13.8 Å². The Morgan fingerprint density at radius 3 is 1.35 bits per heavy atom. The third-order valence-electron chi connectivity index (χ3n) is 11.6. The van der Waals surface area contributed by atoms with Crippen LogP contribution in [0.5, 0.6) is 0 Å². The van der Waals surface area contributed by atoms with E-state index in [2.05, 4.69) is 231 Å². The van der Waals surface area contributed by atoms with Crippen LogP contribution in [0.4, 0.5) is 17.1 Å². The minimum Gasteiger partial charge on any atom is -0.310 e. The van der Waals surface area contributed by atoms with Gasteiger partial charge in [-0.1, -0.05) is 182 Å². The molecule has 0 aromatic heterocycles. The fourth-order valence-electron chi connectivity index (χ4n) is 8.86. The summed E-state index contributed by atoms with van der Waals surface area (Å²) in [5.41, 5.74) is 15.8. The molecule has 270 valence electrons. The Kier molecular flexibility index (Phi) is 8.69. The molecule has 0 fully saturated rings. The molecule has 0 spiro atoms. The highest BCUT2D eigenvalue weighted by atomic mass is 15.1. The summed E-state index contributed by atoms with van der Waals surface area (Å²) in [5, 5.41) is 7.45. The molecule has 1 nitrogen and oxygen atoms in total. The summed E-state index contributed by atoms with van der Waals surface area (Å²) in [6.07, 6.45) is 0. The molecule has 0 N–H and O–H groups in total. The van der Waals surface area contributed by atoms with Gasteiger partial charge in [-0.05, 0) is 127 Å². The molecule has 10 aromatic rings. The average Bonchev–Trinajstić information content (AvgIpc) is 3.27. The lowest BCUT2D eigenvalue weighted by atomic mass is 9.92. The van der Waals surface area contributed by atoms with Gasteiger partial charge in [0, 0.05) is 16.8 Å². The van der Waals surface area contributed by atoms with E-state index >= 15 is 0 Å². The van der Waals surface area contributed by atoms with Crippen molar-refractivity contribution < 1.29 is 0 Å². The number of fused-ring (bicyclic) bond motifs is 3. The highest BCUT2D eigenvalue weighted by molar-refractivity contribution is 6.10. The molecule has 57 heavy (non-hydrogen) atoms. The van der Waals surface area contributed by atoms with Gasteiger partial charge in [0.05, 0.1) is 5.69 Å². The molecule has 0 atom stereocenters. The van der Waals surface area contributed by atoms with Crippen LogP contribution >= 0.6 is 0 Å². The van der Waals surface area contributed by atoms with Crippen molar-refractivity contribution in [1.82, 2.24) is 0 Å². The maximum Gasteiger partial charge on any atom is 0.0540 e. The smallest absolute Gasteiger partial charge is 0.0540 e. The van der Waals surface area contributed by atoms with Gasteiger partial charge in [-0.15, -0.1) is 0 Å². The van der Waals surface area contributed by atoms with Crippen LogP contribution in [-0.2, 0) is 0 Å². The molecule has 10 aromatic carbocycles. The highest BCUT2D eigenvalue weighted by Crippen LogP contribution is 2.44. The van der Waals surface area contributed by atoms with Gasteiger partial charge in [-0.25, -0.2) is 0 Å². The van der Waals surface area contributed by atoms with E-state index in [1.807, 2.05) is 0 Å². The van der Waals surface area contributed by atoms with Gasteiger partial charge in [0.15, 0.2) is 0 Å². The van der Waals surface area contributed by atoms with E-state index in [1.165, 1.54) is 88.0 Å². The van der Waals surface area contributed by atoms with E-state index in [0.717, 1.165) is 17.1 Å². The first kappa shape index (κ1) is 34.3. The zero-order valence-electron chi connectivity index (χ0n) is 32.2. The van der Waals surface area contributed by atoms with Gasteiger partial charge in [0.25, 0.3) is 0 Å². The van der Waals surface area contributed by atoms with Crippen LogP contribution in [0, 0.1) is 13.8 Å². The number of benzene rings is 10. The Balaban J connectivity index is 1.12. The van der Waals surface area contributed by atoms with Crippen molar-refractivity contribution >= 4 is 49.4 Å². The molecule has 0 saturated heterocycles. The predicted molar refractivity (Wildman–Crippen MR) is 245 cm³/mol. The quantitative estimate of drug-likeness (QED) is 0.158. The normalized spacial score (nSPS) is 11.3. The maximum absolute atomic E-state index is 2.42. The van der Waals surface area contributed by atoms with Crippen LogP contribution in [0.3, 0.4) is 0 Å². The molecule has 1 heteroatoms. The van der Waals surface area contributed by atoms with Crippen LogP contribution < -0.4 is 4.90 Å². The van der Waals surface area contributed by atoms with Gasteiger partial charge >= 0.3 is 0 Å². The van der Waals surface area contributed by atoms with E-state index < -0.39 is 0 Å². The Morgan fingerprint density at radius 2 is 0.719 bits per heavy atom. The van der Waals surface area contributed by atoms with E-state index in [-0.39, 0.29) is 0 Å². The van der Waals surface area contributed by atoms with Crippen molar-refractivity contribution in [1.29, 1.82) is 0 Å². The Labute approximate surface area is 334 Å². The van der Waals surface area contributed by atoms with Crippen LogP contribution in [0.25, 0.3) is 76.8 Å². The minimum absolute atomic E-state index is 1.10. The standard InChI is InChI=1S/C56H41N/c1-38-14-12-15-39(2)56(38)43-28-32-45(33-29-43)57(55-37-36-53(52-23-10-11-24-54(52)55)51-25-13-19-41-18-6-7-20-46(41)51)44-30-26-42(27-31-44)48-35-34-47(40-16-4-3-5-17-40)49-21-8-9-22-50(48)49/h3-37H,1-2H3. The van der Waals surface area contributed by atoms with Crippen LogP contribution in [-0.4, -0.2) is 0 Å². The first-order chi connectivity index (χ1) is 28.1. The first-order valence-electron chi connectivity index (χ1n) is 19.8. The molecule has 0 amide bonds. The van der Waals surface area contributed by atoms with Gasteiger partial charge in [-0.3, -0.25) is 0 Å². The Bertz CT molecular complexity index is 3040. The molecule has 10 rings (SSSR count). The minimum atomic E-state index is 1.10. The van der Waals surface area contributed by atoms with E-state index in [9.17, 15) is 0 Å². The highest BCUT2D eigenvalue weighted by Gasteiger charge is 2.19. The average molecular weight is 728 g/mol. The van der Waals surface area contributed by atoms with Crippen molar-refractivity contribution in [2.24, 2.45) is 0 Å². The number of hydrogen-bond acceptors (Lipinski definition) is 1. The van der Waals surface area contributed by atoms with Crippen LogP contribution in [0.2, 0.25) is 0 Å². The summed E-state index contributed by atoms with van der Waals surface area (Å²) in [4.78, 5) is 2.42. The number of anilines is 3. The summed E-state index contributed by atoms with van der Waals surface area (Å²) in [5.74, 6) is 0. The fraction of sp³-hybridized carbons (Fsp3) is 0.0357. The van der Waals surface area contributed by atoms with Gasteiger partial charge in [0.1, 0.15) is 0 Å². The zero-order chi connectivity index (χ0) is 38.3. The molecule has 0 aliphatic carbocycles. The molecule has 0 radical (unpaired) electrons. The molecule has 0 aliphatic heterocycles. The monoisotopic (exact) mass is 727 g/mol. The second kappa shape index (κ2) is 14.5. The lowest BCUT2D eigenvalue weighted by Gasteiger charge is -2.28. The summed E-state index contributed by atoms with van der Waals surface area (Å²) in [7, 11) is 0. The largest absolute Gasteiger partial charge is 0.310 e. The SMILES string of the molecule is Cc1cccc(C)c1-c1ccc(N(c2ccc(-c3ccc(-c4ccccc4)c4ccccc34)cc2)c2ccc(-c3cccc4ccccc34)c3ccccc23)cc1. The second-order valence-electron chi connectivity index (χ2n) is 15.0. The summed E-state index contributed by atoms with van der Waals surface area (Å²) in [6.45, 7) is 4.40. The zero-order valence-corrected chi connectivity index (χ0v) is 32.2. The van der Waals surface area contributed by atoms with Gasteiger partial charge in [0.2, 0.25) is 0 Å². The number of hydrogen-bond donors (Lipinski definition) is 0. The maximum atomic E-state index is 2.42. The molecule has 0 bridgehead atoms. The summed E-state index contributed by atoms with van der Waals surface area (Å²) in [6, 6.07) is 77.6. The predicted octanol–water partition coefficient (Wildman–Crippen LogP) is 15.9. The first-order valence-corrected chi connectivity index (χ1v) is 19.8. The summed E-state index contributed by atoms with van der Waals surface area (Å²) >= 11 is 0. The van der Waals surface area contributed by atoms with Gasteiger partial charge < -0.3 is 4.90 Å². The third kappa shape index (κ3) is 6.15. The second-order valence-corrected chi connectivity index (χ2v) is 15.0. The molecule has 0 aliphatic rings. The molecular weight excluding hydrogens is 687 g/mol. The van der Waals surface area contributed by atoms with Crippen molar-refractivity contribution in [3.05, 3.63) is 223 Å². The van der Waals surface area contributed by atoms with Crippen molar-refractivity contribution in [2.75, 3.05) is 4.90 Å². The summed E-state index contributed by atoms with van der Waals surface area (Å²) < 4.78 is 0. The van der Waals surface area contributed by atoms with Crippen molar-refractivity contribution in [3.63, 3.8) is 0 Å². The molecule has 0 heterocycles. The fourth-order valence-corrected chi connectivity index (χ4v) is 8.86. The lowest BCUT2D eigenvalue weighted by Crippen LogP contribution is -2.10.